The Hall–Kier alpha value is 0.0800. The van der Waals surface area contributed by atoms with Crippen molar-refractivity contribution in [2.45, 2.75) is 96.5 Å². The fraction of sp³-hybridized carbons (Fsp3) is 0.842. The van der Waals surface area contributed by atoms with Crippen molar-refractivity contribution < 1.29 is 56.2 Å². The van der Waals surface area contributed by atoms with Gasteiger partial charge in [0.2, 0.25) is 10.4 Å². The zero-order chi connectivity index (χ0) is 19.7. The van der Waals surface area contributed by atoms with Crippen LogP contribution in [0.5, 0.6) is 0 Å². The Balaban J connectivity index is 0. The molecule has 0 heterocycles. The second-order valence-corrected chi connectivity index (χ2v) is 7.57. The summed E-state index contributed by atoms with van der Waals surface area (Å²) in [6, 6.07) is 0. The molecule has 0 aliphatic rings. The van der Waals surface area contributed by atoms with E-state index in [0.717, 1.165) is 64.2 Å². The van der Waals surface area contributed by atoms with Crippen LogP contribution in [0.1, 0.15) is 90.4 Å². The number of unbranched alkanes of at least 4 members (excludes halogenated alkanes) is 8. The van der Waals surface area contributed by atoms with Gasteiger partial charge >= 0.3 is 35.5 Å². The van der Waals surface area contributed by atoms with Crippen LogP contribution in [0.3, 0.4) is 0 Å². The molecule has 0 N–H and O–H groups in total. The van der Waals surface area contributed by atoms with E-state index in [4.69, 9.17) is 0 Å². The number of hydrogen-bond donors (Lipinski definition) is 0. The molecule has 0 aliphatic heterocycles. The molecule has 154 valence electrons. The fourth-order valence-electron chi connectivity index (χ4n) is 2.70. The van der Waals surface area contributed by atoms with Crippen LogP contribution < -0.4 is 29.6 Å². The summed E-state index contributed by atoms with van der Waals surface area (Å²) >= 11 is 0. The topological polar surface area (TPSA) is 92.7 Å². The summed E-state index contributed by atoms with van der Waals surface area (Å²) < 4.78 is 41.7. The molecule has 0 spiro atoms. The molecule has 6 nitrogen and oxygen atoms in total. The van der Waals surface area contributed by atoms with Crippen LogP contribution in [0.15, 0.2) is 12.2 Å². The summed E-state index contributed by atoms with van der Waals surface area (Å²) in [6.45, 7) is 2.11. The van der Waals surface area contributed by atoms with E-state index in [2.05, 4.69) is 15.8 Å². The molecular formula is C19H35NaO6S. The van der Waals surface area contributed by atoms with Crippen LogP contribution in [0.2, 0.25) is 0 Å². The molecule has 0 aliphatic carbocycles. The molecule has 0 aromatic carbocycles. The van der Waals surface area contributed by atoms with E-state index in [1.807, 2.05) is 12.2 Å². The van der Waals surface area contributed by atoms with E-state index in [0.29, 0.717) is 19.3 Å². The van der Waals surface area contributed by atoms with Crippen LogP contribution >= 0.6 is 0 Å². The minimum Gasteiger partial charge on any atom is -0.726 e. The van der Waals surface area contributed by atoms with Gasteiger partial charge in [-0.05, 0) is 32.1 Å². The first-order valence-electron chi connectivity index (χ1n) is 9.75. The first kappa shape index (κ1) is 29.3. The van der Waals surface area contributed by atoms with Gasteiger partial charge < -0.3 is 9.29 Å². The number of ether oxygens (including phenoxy) is 1. The number of hydrogen-bond acceptors (Lipinski definition) is 6. The minimum absolute atomic E-state index is 0. The van der Waals surface area contributed by atoms with Crippen LogP contribution in [-0.4, -0.2) is 32.2 Å². The predicted octanol–water partition coefficient (Wildman–Crippen LogP) is 1.66. The van der Waals surface area contributed by atoms with Crippen molar-refractivity contribution >= 4 is 16.4 Å². The molecule has 0 fully saturated rings. The van der Waals surface area contributed by atoms with Crippen molar-refractivity contribution in [3.8, 4) is 0 Å². The normalized spacial score (nSPS) is 12.7. The van der Waals surface area contributed by atoms with Gasteiger partial charge in [-0.1, -0.05) is 64.0 Å². The molecule has 1 atom stereocenters. The molecule has 0 saturated carbocycles. The Morgan fingerprint density at radius 2 is 1.63 bits per heavy atom. The summed E-state index contributed by atoms with van der Waals surface area (Å²) in [5.41, 5.74) is 0. The third-order valence-corrected chi connectivity index (χ3v) is 4.69. The SMILES string of the molecule is CCCCCCC(C/C=C\CCCCCCCC(=O)OC)OS(=O)(=O)[O-].[Na+]. The van der Waals surface area contributed by atoms with E-state index >= 15 is 0 Å². The van der Waals surface area contributed by atoms with Gasteiger partial charge in [0.05, 0.1) is 13.2 Å². The number of methoxy groups -OCH3 is 1. The first-order chi connectivity index (χ1) is 12.4. The number of allylic oxidation sites excluding steroid dienone is 1. The van der Waals surface area contributed by atoms with Gasteiger partial charge in [-0.25, -0.2) is 8.42 Å². The summed E-state index contributed by atoms with van der Waals surface area (Å²) in [5.74, 6) is -0.153. The maximum atomic E-state index is 11.0. The molecule has 0 aromatic rings. The molecule has 0 saturated heterocycles. The maximum Gasteiger partial charge on any atom is 1.00 e. The van der Waals surface area contributed by atoms with Crippen molar-refractivity contribution in [3.63, 3.8) is 0 Å². The van der Waals surface area contributed by atoms with Crippen molar-refractivity contribution in [2.24, 2.45) is 0 Å². The zero-order valence-electron chi connectivity index (χ0n) is 17.3. The van der Waals surface area contributed by atoms with Gasteiger partial charge in [0.15, 0.2) is 0 Å². The summed E-state index contributed by atoms with van der Waals surface area (Å²) in [4.78, 5) is 11.0. The average Bonchev–Trinajstić information content (AvgIpc) is 2.58. The van der Waals surface area contributed by atoms with Crippen molar-refractivity contribution in [1.82, 2.24) is 0 Å². The molecule has 1 unspecified atom stereocenters. The van der Waals surface area contributed by atoms with E-state index < -0.39 is 16.5 Å². The van der Waals surface area contributed by atoms with Crippen LogP contribution in [0.4, 0.5) is 0 Å². The molecule has 27 heavy (non-hydrogen) atoms. The smallest absolute Gasteiger partial charge is 0.726 e. The minimum atomic E-state index is -4.65. The predicted molar refractivity (Wildman–Crippen MR) is 101 cm³/mol. The number of rotatable bonds is 17. The second kappa shape index (κ2) is 19.4. The van der Waals surface area contributed by atoms with Crippen LogP contribution in [0, 0.1) is 0 Å². The fourth-order valence-corrected chi connectivity index (χ4v) is 3.21. The third-order valence-electron chi connectivity index (χ3n) is 4.18. The first-order valence-corrected chi connectivity index (χ1v) is 11.1. The van der Waals surface area contributed by atoms with Crippen molar-refractivity contribution in [2.75, 3.05) is 7.11 Å². The average molecular weight is 415 g/mol. The van der Waals surface area contributed by atoms with Gasteiger partial charge in [0.1, 0.15) is 0 Å². The molecule has 0 aromatic heterocycles. The van der Waals surface area contributed by atoms with Gasteiger partial charge in [-0.2, -0.15) is 0 Å². The number of esters is 1. The Bertz CT molecular complexity index is 479. The Morgan fingerprint density at radius 1 is 1.00 bits per heavy atom. The van der Waals surface area contributed by atoms with E-state index in [1.165, 1.54) is 7.11 Å². The molecule has 0 amide bonds. The maximum absolute atomic E-state index is 11.0. The Kier molecular flexibility index (Phi) is 21.0. The number of carbonyl (C=O) groups is 1. The van der Waals surface area contributed by atoms with E-state index in [9.17, 15) is 17.8 Å². The zero-order valence-corrected chi connectivity index (χ0v) is 20.1. The van der Waals surface area contributed by atoms with Crippen LogP contribution in [-0.2, 0) is 24.1 Å². The standard InChI is InChI=1S/C19H36O6S.Na/c1-3-4-5-12-15-18(25-26(21,22)23)16-13-10-8-6-7-9-11-14-17-19(20)24-2;/h10,13,18H,3-9,11-12,14-17H2,1-2H3,(H,21,22,23);/q;+1/p-1/b13-10-;. The van der Waals surface area contributed by atoms with Crippen molar-refractivity contribution in [1.29, 1.82) is 0 Å². The van der Waals surface area contributed by atoms with Crippen molar-refractivity contribution in [3.05, 3.63) is 12.2 Å². The molecule has 8 heteroatoms. The van der Waals surface area contributed by atoms with Gasteiger partial charge in [0, 0.05) is 6.42 Å². The summed E-state index contributed by atoms with van der Waals surface area (Å²) in [7, 11) is -3.25. The monoisotopic (exact) mass is 414 g/mol. The second-order valence-electron chi connectivity index (χ2n) is 6.57. The molecule has 0 rings (SSSR count). The third kappa shape index (κ3) is 22.2. The van der Waals surface area contributed by atoms with Gasteiger partial charge in [-0.3, -0.25) is 8.98 Å². The molecule has 0 radical (unpaired) electrons. The summed E-state index contributed by atoms with van der Waals surface area (Å²) in [5, 5.41) is 0. The van der Waals surface area contributed by atoms with E-state index in [-0.39, 0.29) is 35.5 Å². The van der Waals surface area contributed by atoms with E-state index in [1.54, 1.807) is 0 Å². The summed E-state index contributed by atoms with van der Waals surface area (Å²) in [6.07, 6.45) is 15.0. The van der Waals surface area contributed by atoms with Gasteiger partial charge in [-0.15, -0.1) is 0 Å². The Morgan fingerprint density at radius 3 is 2.26 bits per heavy atom. The Labute approximate surface area is 187 Å². The van der Waals surface area contributed by atoms with Crippen LogP contribution in [0.25, 0.3) is 0 Å². The molecular weight excluding hydrogens is 379 g/mol. The molecule has 0 bridgehead atoms. The van der Waals surface area contributed by atoms with Gasteiger partial charge in [0.25, 0.3) is 0 Å². The quantitative estimate of drug-likeness (QED) is 0.0897. The number of carbonyl (C=O) groups excluding carboxylic acids is 1. The largest absolute Gasteiger partial charge is 1.00 e.